The average molecular weight is 649 g/mol. The lowest BCUT2D eigenvalue weighted by Gasteiger charge is -2.27. The number of likely N-dealkylation sites (tertiary alicyclic amines) is 1. The maximum Gasteiger partial charge on any atom is 0.251 e. The van der Waals surface area contributed by atoms with E-state index in [2.05, 4.69) is 10.2 Å². The molecule has 0 bridgehead atoms. The molecule has 0 aromatic heterocycles. The Bertz CT molecular complexity index is 1570. The van der Waals surface area contributed by atoms with E-state index in [0.717, 1.165) is 55.7 Å². The molecular weight excluding hydrogens is 608 g/mol. The summed E-state index contributed by atoms with van der Waals surface area (Å²) in [6, 6.07) is 12.9. The number of halogens is 4. The summed E-state index contributed by atoms with van der Waals surface area (Å²) in [5.41, 5.74) is 1.48. The van der Waals surface area contributed by atoms with Gasteiger partial charge in [0.15, 0.2) is 29.1 Å². The van der Waals surface area contributed by atoms with E-state index in [4.69, 9.17) is 4.74 Å². The minimum Gasteiger partial charge on any atom is -0.492 e. The van der Waals surface area contributed by atoms with Crippen molar-refractivity contribution in [1.82, 2.24) is 10.2 Å². The highest BCUT2D eigenvalue weighted by Gasteiger charge is 2.35. The zero-order chi connectivity index (χ0) is 33.5. The highest BCUT2D eigenvalue weighted by atomic mass is 19.2. The smallest absolute Gasteiger partial charge is 0.251 e. The number of nitrogens with zero attached hydrogens (tertiary/aromatic N) is 1. The summed E-state index contributed by atoms with van der Waals surface area (Å²) in [5, 5.41) is 2.96. The summed E-state index contributed by atoms with van der Waals surface area (Å²) in [6.45, 7) is 7.74. The van der Waals surface area contributed by atoms with Crippen molar-refractivity contribution in [3.05, 3.63) is 112 Å². The van der Waals surface area contributed by atoms with E-state index in [9.17, 15) is 27.2 Å². The number of amides is 1. The van der Waals surface area contributed by atoms with Crippen molar-refractivity contribution < 1.29 is 31.9 Å². The van der Waals surface area contributed by atoms with Crippen LogP contribution < -0.4 is 10.1 Å². The van der Waals surface area contributed by atoms with E-state index >= 15 is 0 Å². The number of Topliss-reactive ketones (excluding diaryl/α,β-unsaturated/α-hetero) is 1. The van der Waals surface area contributed by atoms with Gasteiger partial charge in [-0.15, -0.1) is 0 Å². The molecule has 47 heavy (non-hydrogen) atoms. The third kappa shape index (κ3) is 8.57. The molecule has 5 nitrogen and oxygen atoms in total. The highest BCUT2D eigenvalue weighted by molar-refractivity contribution is 6.14. The number of carbonyl (C=O) groups excluding carboxylic acids is 2. The van der Waals surface area contributed by atoms with E-state index in [-0.39, 0.29) is 46.8 Å². The van der Waals surface area contributed by atoms with Gasteiger partial charge in [0.25, 0.3) is 5.91 Å². The second-order valence-corrected chi connectivity index (χ2v) is 12.2. The molecule has 3 aliphatic rings. The van der Waals surface area contributed by atoms with Crippen LogP contribution in [0.5, 0.6) is 5.75 Å². The molecule has 9 heteroatoms. The second-order valence-electron chi connectivity index (χ2n) is 12.2. The molecule has 3 aromatic carbocycles. The third-order valence-corrected chi connectivity index (χ3v) is 9.01. The Labute approximate surface area is 273 Å². The first-order chi connectivity index (χ1) is 22.7. The van der Waals surface area contributed by atoms with Crippen LogP contribution in [-0.2, 0) is 4.79 Å². The fourth-order valence-corrected chi connectivity index (χ4v) is 6.73. The summed E-state index contributed by atoms with van der Waals surface area (Å²) in [6.07, 6.45) is 7.19. The SMILES string of the molecule is CC.O=C1/C(=C/c2ccc(F)c(F)c2)CC(NC(=O)c2ccc(OCCN3CC4CCCC4C3)cc2)C/C1=C\c1ccc(F)c(F)c1. The van der Waals surface area contributed by atoms with Crippen molar-refractivity contribution in [2.45, 2.75) is 52.0 Å². The number of rotatable bonds is 8. The maximum absolute atomic E-state index is 13.9. The van der Waals surface area contributed by atoms with Gasteiger partial charge < -0.3 is 10.1 Å². The van der Waals surface area contributed by atoms with Gasteiger partial charge >= 0.3 is 0 Å². The Morgan fingerprint density at radius 3 is 1.85 bits per heavy atom. The zero-order valence-corrected chi connectivity index (χ0v) is 26.7. The number of benzene rings is 3. The molecule has 2 atom stereocenters. The predicted molar refractivity (Wildman–Crippen MR) is 175 cm³/mol. The van der Waals surface area contributed by atoms with Crippen LogP contribution in [0.2, 0.25) is 0 Å². The first-order valence-corrected chi connectivity index (χ1v) is 16.3. The third-order valence-electron chi connectivity index (χ3n) is 9.01. The molecule has 1 saturated heterocycles. The summed E-state index contributed by atoms with van der Waals surface area (Å²) >= 11 is 0. The van der Waals surface area contributed by atoms with Gasteiger partial charge in [0.05, 0.1) is 0 Å². The van der Waals surface area contributed by atoms with Gasteiger partial charge in [-0.05, 0) is 109 Å². The number of carbonyl (C=O) groups is 2. The topological polar surface area (TPSA) is 58.6 Å². The number of ketones is 1. The van der Waals surface area contributed by atoms with Gasteiger partial charge in [-0.25, -0.2) is 17.6 Å². The monoisotopic (exact) mass is 648 g/mol. The molecule has 6 rings (SSSR count). The molecule has 1 aliphatic heterocycles. The van der Waals surface area contributed by atoms with E-state index in [0.29, 0.717) is 17.9 Å². The van der Waals surface area contributed by atoms with Crippen LogP contribution in [0.25, 0.3) is 12.2 Å². The zero-order valence-electron chi connectivity index (χ0n) is 26.7. The Hall–Kier alpha value is -4.24. The van der Waals surface area contributed by atoms with Crippen molar-refractivity contribution in [1.29, 1.82) is 0 Å². The summed E-state index contributed by atoms with van der Waals surface area (Å²) in [4.78, 5) is 29.1. The lowest BCUT2D eigenvalue weighted by molar-refractivity contribution is -0.113. The van der Waals surface area contributed by atoms with Crippen molar-refractivity contribution in [2.24, 2.45) is 11.8 Å². The number of fused-ring (bicyclic) bond motifs is 1. The normalized spacial score (nSPS) is 22.6. The van der Waals surface area contributed by atoms with E-state index < -0.39 is 29.3 Å². The summed E-state index contributed by atoms with van der Waals surface area (Å²) in [5.74, 6) is -2.54. The highest BCUT2D eigenvalue weighted by Crippen LogP contribution is 2.37. The second kappa shape index (κ2) is 15.6. The fourth-order valence-electron chi connectivity index (χ4n) is 6.73. The minimum atomic E-state index is -1.05. The summed E-state index contributed by atoms with van der Waals surface area (Å²) < 4.78 is 60.7. The molecule has 1 amide bonds. The van der Waals surface area contributed by atoms with Gasteiger partial charge in [-0.3, -0.25) is 14.5 Å². The lowest BCUT2D eigenvalue weighted by atomic mass is 9.83. The molecule has 0 radical (unpaired) electrons. The molecule has 1 N–H and O–H groups in total. The van der Waals surface area contributed by atoms with Gasteiger partial charge in [0.2, 0.25) is 0 Å². The van der Waals surface area contributed by atoms with Gasteiger partial charge in [0.1, 0.15) is 12.4 Å². The van der Waals surface area contributed by atoms with Crippen molar-refractivity contribution >= 4 is 23.8 Å². The van der Waals surface area contributed by atoms with E-state index in [1.165, 1.54) is 43.5 Å². The molecule has 0 spiro atoms. The number of nitrogens with one attached hydrogen (secondary N) is 1. The van der Waals surface area contributed by atoms with Crippen molar-refractivity contribution in [2.75, 3.05) is 26.2 Å². The minimum absolute atomic E-state index is 0.137. The van der Waals surface area contributed by atoms with Gasteiger partial charge in [-0.1, -0.05) is 32.4 Å². The molecule has 2 unspecified atom stereocenters. The van der Waals surface area contributed by atoms with Crippen LogP contribution in [0.4, 0.5) is 17.6 Å². The predicted octanol–water partition coefficient (Wildman–Crippen LogP) is 8.01. The molecule has 1 heterocycles. The van der Waals surface area contributed by atoms with Crippen LogP contribution in [-0.4, -0.2) is 48.9 Å². The van der Waals surface area contributed by atoms with E-state index in [1.807, 2.05) is 13.8 Å². The van der Waals surface area contributed by atoms with Gasteiger partial charge in [0, 0.05) is 42.4 Å². The fraction of sp³-hybridized carbons (Fsp3) is 0.368. The Morgan fingerprint density at radius 1 is 0.809 bits per heavy atom. The number of ether oxygens (including phenoxy) is 1. The van der Waals surface area contributed by atoms with Gasteiger partial charge in [-0.2, -0.15) is 0 Å². The molecule has 3 fully saturated rings. The molecular formula is C38H40F4N2O3. The molecule has 2 saturated carbocycles. The van der Waals surface area contributed by atoms with Crippen LogP contribution in [0, 0.1) is 35.1 Å². The molecule has 248 valence electrons. The average Bonchev–Trinajstić information content (AvgIpc) is 3.67. The maximum atomic E-state index is 13.9. The first kappa shape index (κ1) is 34.1. The Kier molecular flexibility index (Phi) is 11.3. The molecule has 2 aliphatic carbocycles. The standard InChI is InChI=1S/C36H34F4N2O3.C2H6/c37-31-10-4-22(16-33(31)39)14-27-18-29(19-28(35(27)43)15-23-5-11-32(38)34(40)17-23)41-36(44)24-6-8-30(9-7-24)45-13-12-42-20-25-2-1-3-26(25)21-42;1-2/h4-11,14-17,25-26,29H,1-3,12-13,18-21H2,(H,41,44);1-2H3/b27-14+,28-15+;. The largest absolute Gasteiger partial charge is 0.492 e. The number of hydrogen-bond acceptors (Lipinski definition) is 4. The van der Waals surface area contributed by atoms with Crippen LogP contribution in [0.15, 0.2) is 71.8 Å². The quantitative estimate of drug-likeness (QED) is 0.199. The van der Waals surface area contributed by atoms with Crippen LogP contribution in [0.1, 0.15) is 67.4 Å². The summed E-state index contributed by atoms with van der Waals surface area (Å²) in [7, 11) is 0. The first-order valence-electron chi connectivity index (χ1n) is 16.3. The molecule has 3 aromatic rings. The lowest BCUT2D eigenvalue weighted by Crippen LogP contribution is -2.39. The van der Waals surface area contributed by atoms with E-state index in [1.54, 1.807) is 24.3 Å². The number of hydrogen-bond donors (Lipinski definition) is 1. The van der Waals surface area contributed by atoms with Crippen LogP contribution >= 0.6 is 0 Å². The van der Waals surface area contributed by atoms with Crippen molar-refractivity contribution in [3.8, 4) is 5.75 Å². The Balaban J connectivity index is 0.00000213. The van der Waals surface area contributed by atoms with Crippen molar-refractivity contribution in [3.63, 3.8) is 0 Å². The Morgan fingerprint density at radius 2 is 1.34 bits per heavy atom. The van der Waals surface area contributed by atoms with Crippen LogP contribution in [0.3, 0.4) is 0 Å².